The third kappa shape index (κ3) is 2.02. The molecule has 0 amide bonds. The van der Waals surface area contributed by atoms with Gasteiger partial charge in [-0.05, 0) is 20.8 Å². The molecule has 2 rings (SSSR count). The number of hydrogen-bond donors (Lipinski definition) is 0. The molecule has 0 fully saturated rings. The molecule has 0 saturated carbocycles. The number of aryl methyl sites for hydroxylation is 1. The number of pyridine rings is 1. The maximum absolute atomic E-state index is 2.26. The molecular formula is C12H18N2O. The van der Waals surface area contributed by atoms with E-state index in [1.807, 2.05) is 0 Å². The van der Waals surface area contributed by atoms with Crippen LogP contribution in [0, 0.1) is 0 Å². The third-order valence-electron chi connectivity index (χ3n) is 2.67. The zero-order valence-corrected chi connectivity index (χ0v) is 9.51. The molecule has 3 heteroatoms. The average Bonchev–Trinajstić information content (AvgIpc) is 2.59. The van der Waals surface area contributed by atoms with Gasteiger partial charge >= 0.3 is 0 Å². The Bertz CT molecular complexity index is 406. The van der Waals surface area contributed by atoms with Crippen LogP contribution in [0.15, 0.2) is 30.7 Å². The second-order valence-corrected chi connectivity index (χ2v) is 3.93. The molecule has 82 valence electrons. The summed E-state index contributed by atoms with van der Waals surface area (Å²) in [5, 5.41) is 0. The Morgan fingerprint density at radius 3 is 2.67 bits per heavy atom. The molecule has 0 aromatic heterocycles. The smallest absolute Gasteiger partial charge is 0.215 e. The van der Waals surface area contributed by atoms with Gasteiger partial charge in [-0.3, -0.25) is 0 Å². The van der Waals surface area contributed by atoms with Crippen LogP contribution in [0.4, 0.5) is 0 Å². The lowest BCUT2D eigenvalue weighted by Gasteiger charge is -2.10. The Labute approximate surface area is 90.6 Å². The maximum Gasteiger partial charge on any atom is 0.215 e. The predicted octanol–water partition coefficient (Wildman–Crippen LogP) is 2.30. The van der Waals surface area contributed by atoms with Crippen molar-refractivity contribution in [2.24, 2.45) is 0 Å². The van der Waals surface area contributed by atoms with Crippen molar-refractivity contribution in [2.45, 2.75) is 33.4 Å². The molecule has 0 saturated heterocycles. The van der Waals surface area contributed by atoms with E-state index in [2.05, 4.69) is 60.6 Å². The Morgan fingerprint density at radius 2 is 2.07 bits per heavy atom. The zero-order valence-electron chi connectivity index (χ0n) is 9.51. The minimum atomic E-state index is 0. The summed E-state index contributed by atoms with van der Waals surface area (Å²) < 4.78 is 4.50. The molecule has 0 aliphatic carbocycles. The number of aromatic nitrogens is 2. The van der Waals surface area contributed by atoms with E-state index in [4.69, 9.17) is 0 Å². The van der Waals surface area contributed by atoms with Crippen LogP contribution in [-0.4, -0.2) is 10.0 Å². The summed E-state index contributed by atoms with van der Waals surface area (Å²) in [7, 11) is 0. The van der Waals surface area contributed by atoms with E-state index in [-0.39, 0.29) is 5.48 Å². The minimum Gasteiger partial charge on any atom is -0.870 e. The monoisotopic (exact) mass is 206 g/mol. The fourth-order valence-corrected chi connectivity index (χ4v) is 1.76. The van der Waals surface area contributed by atoms with Gasteiger partial charge in [0.15, 0.2) is 6.20 Å². The van der Waals surface area contributed by atoms with E-state index < -0.39 is 0 Å². The van der Waals surface area contributed by atoms with E-state index in [1.54, 1.807) is 0 Å². The van der Waals surface area contributed by atoms with Crippen LogP contribution >= 0.6 is 0 Å². The van der Waals surface area contributed by atoms with Crippen molar-refractivity contribution in [3.8, 4) is 11.3 Å². The molecule has 2 heterocycles. The summed E-state index contributed by atoms with van der Waals surface area (Å²) >= 11 is 0. The highest BCUT2D eigenvalue weighted by Gasteiger charge is 2.15. The molecule has 0 unspecified atom stereocenters. The first kappa shape index (κ1) is 11.7. The van der Waals surface area contributed by atoms with Crippen LogP contribution in [0.25, 0.3) is 11.3 Å². The number of fused-ring (bicyclic) bond motifs is 1. The second kappa shape index (κ2) is 4.45. The molecule has 0 bridgehead atoms. The van der Waals surface area contributed by atoms with Gasteiger partial charge in [-0.25, -0.2) is 0 Å². The number of rotatable bonds is 2. The maximum atomic E-state index is 2.26. The van der Waals surface area contributed by atoms with Crippen molar-refractivity contribution < 1.29 is 10.0 Å². The number of hydrogen-bond acceptors (Lipinski definition) is 1. The summed E-state index contributed by atoms with van der Waals surface area (Å²) in [5.74, 6) is 0. The van der Waals surface area contributed by atoms with Crippen LogP contribution in [0.2, 0.25) is 0 Å². The quantitative estimate of drug-likeness (QED) is 0.695. The molecule has 15 heavy (non-hydrogen) atoms. The summed E-state index contributed by atoms with van der Waals surface area (Å²) in [6.45, 7) is 7.60. The summed E-state index contributed by atoms with van der Waals surface area (Å²) in [5.41, 5.74) is 2.65. The van der Waals surface area contributed by atoms with E-state index in [1.165, 1.54) is 11.3 Å². The van der Waals surface area contributed by atoms with Crippen molar-refractivity contribution in [2.75, 3.05) is 0 Å². The normalized spacial score (nSPS) is 10.7. The van der Waals surface area contributed by atoms with Crippen LogP contribution in [0.1, 0.15) is 26.8 Å². The van der Waals surface area contributed by atoms with Gasteiger partial charge < -0.3 is 10.0 Å². The fraction of sp³-hybridized carbons (Fsp3) is 0.417. The molecule has 2 aliphatic heterocycles. The molecule has 1 N–H and O–H groups in total. The van der Waals surface area contributed by atoms with Gasteiger partial charge in [0.2, 0.25) is 5.69 Å². The van der Waals surface area contributed by atoms with Crippen LogP contribution in [0.3, 0.4) is 0 Å². The van der Waals surface area contributed by atoms with Crippen LogP contribution < -0.4 is 4.57 Å². The SMILES string of the molecule is CC[n+]1ccc2cn(C(C)C)ccc1-2.[OH-]. The first-order valence-electron chi connectivity index (χ1n) is 5.22. The van der Waals surface area contributed by atoms with Crippen molar-refractivity contribution in [3.63, 3.8) is 0 Å². The highest BCUT2D eigenvalue weighted by Crippen LogP contribution is 2.19. The zero-order chi connectivity index (χ0) is 10.1. The van der Waals surface area contributed by atoms with Gasteiger partial charge in [0.05, 0.1) is 5.56 Å². The van der Waals surface area contributed by atoms with Gasteiger partial charge in [0.1, 0.15) is 6.54 Å². The Morgan fingerprint density at radius 1 is 1.33 bits per heavy atom. The van der Waals surface area contributed by atoms with Gasteiger partial charge in [-0.2, -0.15) is 4.57 Å². The lowest BCUT2D eigenvalue weighted by Crippen LogP contribution is -2.31. The van der Waals surface area contributed by atoms with Crippen molar-refractivity contribution in [1.29, 1.82) is 0 Å². The summed E-state index contributed by atoms with van der Waals surface area (Å²) in [6, 6.07) is 4.90. The fourth-order valence-electron chi connectivity index (χ4n) is 1.76. The van der Waals surface area contributed by atoms with Crippen LogP contribution in [0.5, 0.6) is 0 Å². The van der Waals surface area contributed by atoms with Crippen LogP contribution in [-0.2, 0) is 6.54 Å². The first-order valence-corrected chi connectivity index (χ1v) is 5.22. The second-order valence-electron chi connectivity index (χ2n) is 3.93. The Balaban J connectivity index is 0.00000112. The predicted molar refractivity (Wildman–Crippen MR) is 59.2 cm³/mol. The van der Waals surface area contributed by atoms with Gasteiger partial charge in [-0.1, -0.05) is 0 Å². The molecule has 0 aromatic rings. The van der Waals surface area contributed by atoms with E-state index in [0.29, 0.717) is 6.04 Å². The lowest BCUT2D eigenvalue weighted by atomic mass is 10.2. The highest BCUT2D eigenvalue weighted by atomic mass is 16.0. The average molecular weight is 206 g/mol. The third-order valence-corrected chi connectivity index (χ3v) is 2.67. The first-order chi connectivity index (χ1) is 6.72. The molecule has 0 spiro atoms. The van der Waals surface area contributed by atoms with Crippen molar-refractivity contribution in [1.82, 2.24) is 4.57 Å². The highest BCUT2D eigenvalue weighted by molar-refractivity contribution is 5.55. The van der Waals surface area contributed by atoms with Gasteiger partial charge in [0.25, 0.3) is 0 Å². The van der Waals surface area contributed by atoms with E-state index in [9.17, 15) is 0 Å². The minimum absolute atomic E-state index is 0. The van der Waals surface area contributed by atoms with E-state index in [0.717, 1.165) is 6.54 Å². The Kier molecular flexibility index (Phi) is 3.48. The van der Waals surface area contributed by atoms with Gasteiger partial charge in [-0.15, -0.1) is 0 Å². The standard InChI is InChI=1S/C12H17N2.H2O/c1-4-13-7-5-11-9-14(10(2)3)8-6-12(11)13;/h5-10H,4H2,1-3H3;1H2/q+1;/p-1. The topological polar surface area (TPSA) is 38.8 Å². The molecule has 3 nitrogen and oxygen atoms in total. The summed E-state index contributed by atoms with van der Waals surface area (Å²) in [4.78, 5) is 0. The molecule has 2 aliphatic rings. The molecule has 0 radical (unpaired) electrons. The lowest BCUT2D eigenvalue weighted by molar-refractivity contribution is -0.679. The molecular weight excluding hydrogens is 188 g/mol. The molecule has 0 aromatic carbocycles. The molecule has 0 atom stereocenters. The van der Waals surface area contributed by atoms with Gasteiger partial charge in [0, 0.05) is 30.6 Å². The van der Waals surface area contributed by atoms with Crippen molar-refractivity contribution in [3.05, 3.63) is 30.7 Å². The largest absolute Gasteiger partial charge is 0.870 e. The Hall–Kier alpha value is -1.35. The summed E-state index contributed by atoms with van der Waals surface area (Å²) in [6.07, 6.45) is 6.51. The number of nitrogens with zero attached hydrogens (tertiary/aromatic N) is 2. The van der Waals surface area contributed by atoms with E-state index >= 15 is 0 Å². The van der Waals surface area contributed by atoms with Crippen molar-refractivity contribution >= 4 is 0 Å².